The van der Waals surface area contributed by atoms with Crippen LogP contribution in [0.25, 0.3) is 0 Å². The lowest BCUT2D eigenvalue weighted by Crippen LogP contribution is -2.43. The Kier molecular flexibility index (Phi) is 6.14. The maximum Gasteiger partial charge on any atom is 0.0701 e. The van der Waals surface area contributed by atoms with Crippen molar-refractivity contribution < 1.29 is 5.11 Å². The second kappa shape index (κ2) is 7.90. The van der Waals surface area contributed by atoms with Crippen LogP contribution in [-0.2, 0) is 0 Å². The Bertz CT molecular complexity index is 342. The quantitative estimate of drug-likeness (QED) is 0.825. The van der Waals surface area contributed by atoms with Gasteiger partial charge in [-0.3, -0.25) is 0 Å². The summed E-state index contributed by atoms with van der Waals surface area (Å²) in [6, 6.07) is 0. The molecule has 0 aromatic rings. The van der Waals surface area contributed by atoms with Gasteiger partial charge in [0.1, 0.15) is 0 Å². The lowest BCUT2D eigenvalue weighted by molar-refractivity contribution is 0.0133. The van der Waals surface area contributed by atoms with Gasteiger partial charge in [0.15, 0.2) is 0 Å². The van der Waals surface area contributed by atoms with Crippen LogP contribution in [0.5, 0.6) is 0 Å². The Morgan fingerprint density at radius 3 is 2.45 bits per heavy atom. The van der Waals surface area contributed by atoms with E-state index in [2.05, 4.69) is 19.0 Å². The minimum Gasteiger partial charge on any atom is -0.392 e. The van der Waals surface area contributed by atoms with E-state index in [1.54, 1.807) is 0 Å². The van der Waals surface area contributed by atoms with E-state index >= 15 is 0 Å². The molecule has 4 unspecified atom stereocenters. The van der Waals surface area contributed by atoms with Crippen LogP contribution in [0.2, 0.25) is 0 Å². The molecule has 0 radical (unpaired) electrons. The van der Waals surface area contributed by atoms with Gasteiger partial charge in [0, 0.05) is 17.7 Å². The summed E-state index contributed by atoms with van der Waals surface area (Å²) in [7, 11) is 4.35. The Morgan fingerprint density at radius 1 is 1.00 bits per heavy atom. The molecular weight excluding hydrogens is 290 g/mol. The molecular formula is C19H35NOS. The van der Waals surface area contributed by atoms with E-state index in [1.165, 1.54) is 63.5 Å². The normalized spacial score (nSPS) is 38.7. The van der Waals surface area contributed by atoms with Gasteiger partial charge in [-0.1, -0.05) is 25.7 Å². The zero-order chi connectivity index (χ0) is 15.5. The summed E-state index contributed by atoms with van der Waals surface area (Å²) in [5.74, 6) is 4.50. The summed E-state index contributed by atoms with van der Waals surface area (Å²) < 4.78 is 0. The summed E-state index contributed by atoms with van der Waals surface area (Å²) in [5.41, 5.74) is 0. The fourth-order valence-electron chi connectivity index (χ4n) is 5.40. The van der Waals surface area contributed by atoms with Gasteiger partial charge >= 0.3 is 0 Å². The van der Waals surface area contributed by atoms with Crippen LogP contribution in [-0.4, -0.2) is 47.8 Å². The van der Waals surface area contributed by atoms with Crippen LogP contribution >= 0.6 is 11.8 Å². The van der Waals surface area contributed by atoms with Gasteiger partial charge in [0.25, 0.3) is 0 Å². The van der Waals surface area contributed by atoms with E-state index in [0.29, 0.717) is 11.2 Å². The summed E-state index contributed by atoms with van der Waals surface area (Å²) in [4.78, 5) is 2.31. The third-order valence-corrected chi connectivity index (χ3v) is 8.01. The highest BCUT2D eigenvalue weighted by molar-refractivity contribution is 8.00. The van der Waals surface area contributed by atoms with E-state index in [-0.39, 0.29) is 6.10 Å². The average molecular weight is 326 g/mol. The van der Waals surface area contributed by atoms with E-state index < -0.39 is 0 Å². The minimum absolute atomic E-state index is 0.0833. The van der Waals surface area contributed by atoms with Crippen molar-refractivity contribution in [2.75, 3.05) is 26.4 Å². The smallest absolute Gasteiger partial charge is 0.0701 e. The molecule has 3 fully saturated rings. The first-order chi connectivity index (χ1) is 10.6. The molecule has 2 aliphatic carbocycles. The Hall–Kier alpha value is 0.270. The first-order valence-electron chi connectivity index (χ1n) is 9.59. The molecule has 2 nitrogen and oxygen atoms in total. The van der Waals surface area contributed by atoms with Crippen LogP contribution in [0.1, 0.15) is 57.8 Å². The molecule has 1 saturated heterocycles. The predicted molar refractivity (Wildman–Crippen MR) is 96.3 cm³/mol. The Morgan fingerprint density at radius 2 is 1.77 bits per heavy atom. The van der Waals surface area contributed by atoms with E-state index in [4.69, 9.17) is 0 Å². The van der Waals surface area contributed by atoms with Gasteiger partial charge in [-0.05, 0) is 69.7 Å². The number of aliphatic hydroxyl groups excluding tert-OH is 1. The first kappa shape index (κ1) is 17.1. The molecule has 128 valence electrons. The molecule has 2 saturated carbocycles. The van der Waals surface area contributed by atoms with Crippen LogP contribution in [0.3, 0.4) is 0 Å². The van der Waals surface area contributed by atoms with Crippen molar-refractivity contribution in [3.05, 3.63) is 0 Å². The molecule has 0 bridgehead atoms. The third-order valence-electron chi connectivity index (χ3n) is 6.55. The molecule has 3 heteroatoms. The van der Waals surface area contributed by atoms with Crippen molar-refractivity contribution in [1.82, 2.24) is 4.90 Å². The van der Waals surface area contributed by atoms with E-state index in [1.807, 2.05) is 11.8 Å². The van der Waals surface area contributed by atoms with Crippen molar-refractivity contribution in [2.24, 2.45) is 23.7 Å². The second-order valence-corrected chi connectivity index (χ2v) is 9.69. The van der Waals surface area contributed by atoms with Gasteiger partial charge in [-0.15, -0.1) is 0 Å². The van der Waals surface area contributed by atoms with Gasteiger partial charge in [0.05, 0.1) is 6.10 Å². The number of hydrogen-bond acceptors (Lipinski definition) is 3. The number of nitrogens with zero attached hydrogens (tertiary/aromatic N) is 1. The molecule has 3 rings (SSSR count). The summed E-state index contributed by atoms with van der Waals surface area (Å²) in [6.07, 6.45) is 12.5. The first-order valence-corrected chi connectivity index (χ1v) is 10.6. The molecule has 22 heavy (non-hydrogen) atoms. The van der Waals surface area contributed by atoms with Gasteiger partial charge in [-0.25, -0.2) is 0 Å². The maximum absolute atomic E-state index is 11.1. The number of hydrogen-bond donors (Lipinski definition) is 1. The van der Waals surface area contributed by atoms with Crippen LogP contribution in [0.4, 0.5) is 0 Å². The maximum atomic E-state index is 11.1. The summed E-state index contributed by atoms with van der Waals surface area (Å²) in [5, 5.41) is 11.6. The summed E-state index contributed by atoms with van der Waals surface area (Å²) >= 11 is 2.02. The molecule has 1 aliphatic heterocycles. The standard InChI is InChI=1S/C19H35NOS/c1-20(2)13-17(19(21)18-8-5-11-22-18)16-10-9-14-6-3-4-7-15(14)12-16/h14-19,21H,3-13H2,1-2H3/t14?,15?,16?,17-,18?,19+/m1/s1. The molecule has 6 atom stereocenters. The second-order valence-electron chi connectivity index (χ2n) is 8.35. The van der Waals surface area contributed by atoms with Crippen molar-refractivity contribution >= 4 is 11.8 Å². The number of thioether (sulfide) groups is 1. The lowest BCUT2D eigenvalue weighted by atomic mass is 9.64. The summed E-state index contributed by atoms with van der Waals surface area (Å²) in [6.45, 7) is 1.07. The predicted octanol–water partition coefficient (Wildman–Crippen LogP) is 4.03. The van der Waals surface area contributed by atoms with Crippen molar-refractivity contribution in [1.29, 1.82) is 0 Å². The largest absolute Gasteiger partial charge is 0.392 e. The van der Waals surface area contributed by atoms with Crippen LogP contribution in [0.15, 0.2) is 0 Å². The lowest BCUT2D eigenvalue weighted by Gasteiger charge is -2.44. The number of fused-ring (bicyclic) bond motifs is 1. The zero-order valence-corrected chi connectivity index (χ0v) is 15.4. The number of aliphatic hydroxyl groups is 1. The molecule has 0 amide bonds. The SMILES string of the molecule is CN(C)C[C@H](C1CCC2CCCCC2C1)[C@H](O)C1CCCS1. The zero-order valence-electron chi connectivity index (χ0n) is 14.5. The van der Waals surface area contributed by atoms with Crippen LogP contribution in [0, 0.1) is 23.7 Å². The van der Waals surface area contributed by atoms with Gasteiger partial charge < -0.3 is 10.0 Å². The molecule has 0 aromatic heterocycles. The van der Waals surface area contributed by atoms with E-state index in [0.717, 1.165) is 24.3 Å². The topological polar surface area (TPSA) is 23.5 Å². The molecule has 1 N–H and O–H groups in total. The molecule has 0 spiro atoms. The third kappa shape index (κ3) is 4.02. The van der Waals surface area contributed by atoms with Gasteiger partial charge in [0.2, 0.25) is 0 Å². The van der Waals surface area contributed by atoms with Gasteiger partial charge in [-0.2, -0.15) is 11.8 Å². The van der Waals surface area contributed by atoms with Crippen LogP contribution < -0.4 is 0 Å². The highest BCUT2D eigenvalue weighted by Gasteiger charge is 2.40. The van der Waals surface area contributed by atoms with Crippen molar-refractivity contribution in [3.63, 3.8) is 0 Å². The van der Waals surface area contributed by atoms with E-state index in [9.17, 15) is 5.11 Å². The fraction of sp³-hybridized carbons (Fsp3) is 1.00. The highest BCUT2D eigenvalue weighted by atomic mass is 32.2. The monoisotopic (exact) mass is 325 g/mol. The molecule has 0 aromatic carbocycles. The Labute approximate surface area is 141 Å². The Balaban J connectivity index is 1.65. The van der Waals surface area contributed by atoms with Crippen molar-refractivity contribution in [2.45, 2.75) is 69.1 Å². The number of rotatable bonds is 5. The van der Waals surface area contributed by atoms with Crippen molar-refractivity contribution in [3.8, 4) is 0 Å². The fourth-order valence-corrected chi connectivity index (χ4v) is 6.77. The average Bonchev–Trinajstić information content (AvgIpc) is 3.06. The highest BCUT2D eigenvalue weighted by Crippen LogP contribution is 2.46. The molecule has 1 heterocycles. The minimum atomic E-state index is -0.0833. The molecule has 3 aliphatic rings.